The zero-order valence-corrected chi connectivity index (χ0v) is 33.5. The summed E-state index contributed by atoms with van der Waals surface area (Å²) in [6, 6.07) is 0. The summed E-state index contributed by atoms with van der Waals surface area (Å²) in [7, 11) is 0. The Morgan fingerprint density at radius 2 is 0.682 bits per heavy atom. The van der Waals surface area contributed by atoms with E-state index in [2.05, 4.69) is 76.9 Å². The molecule has 0 saturated heterocycles. The molecule has 252 valence electrons. The van der Waals surface area contributed by atoms with Crippen LogP contribution in [0.15, 0.2) is 37.5 Å². The van der Waals surface area contributed by atoms with E-state index in [1.807, 2.05) is 12.2 Å². The molecule has 0 spiro atoms. The Morgan fingerprint density at radius 3 is 0.841 bits per heavy atom. The van der Waals surface area contributed by atoms with Gasteiger partial charge in [0.2, 0.25) is 0 Å². The fourth-order valence-corrected chi connectivity index (χ4v) is 4.02. The minimum atomic E-state index is -0.899. The lowest BCUT2D eigenvalue weighted by atomic mass is 9.80. The molecule has 0 bridgehead atoms. The number of ether oxygens (including phenoxy) is 4. The number of esters is 4. The summed E-state index contributed by atoms with van der Waals surface area (Å²) < 4.78 is 19.1. The summed E-state index contributed by atoms with van der Waals surface area (Å²) in [6.45, 7) is 21.1. The van der Waals surface area contributed by atoms with Gasteiger partial charge in [-0.15, -0.1) is 13.2 Å². The van der Waals surface area contributed by atoms with E-state index in [4.69, 9.17) is 18.9 Å². The molecule has 0 aliphatic carbocycles. The summed E-state index contributed by atoms with van der Waals surface area (Å²) in [4.78, 5) is 50.5. The fourth-order valence-electron chi connectivity index (χ4n) is 3.56. The SMILES string of the molecule is C=CCC(CC=CCC(CC=C)(COC(=O)C(C)(C)Br)COC(=O)C(C)(C)Br)(COC(=O)C(C)(C)Br)COC(=O)C(C)(C)Br. The Morgan fingerprint density at radius 1 is 0.477 bits per heavy atom. The molecule has 0 atom stereocenters. The third-order valence-corrected chi connectivity index (χ3v) is 7.70. The number of carbonyl (C=O) groups is 4. The molecule has 0 unspecified atom stereocenters. The van der Waals surface area contributed by atoms with Crippen LogP contribution in [-0.4, -0.2) is 67.6 Å². The molecule has 0 amide bonds. The molecule has 0 aromatic rings. The number of hydrogen-bond donors (Lipinski definition) is 0. The van der Waals surface area contributed by atoms with Crippen LogP contribution in [0.3, 0.4) is 0 Å². The van der Waals surface area contributed by atoms with Crippen LogP contribution in [0.25, 0.3) is 0 Å². The third-order valence-electron chi connectivity index (χ3n) is 6.40. The van der Waals surface area contributed by atoms with Crippen LogP contribution < -0.4 is 0 Å². The second-order valence-corrected chi connectivity index (χ2v) is 21.0. The van der Waals surface area contributed by atoms with Gasteiger partial charge in [-0.05, 0) is 81.1 Å². The van der Waals surface area contributed by atoms with Crippen LogP contribution in [0.2, 0.25) is 0 Å². The van der Waals surface area contributed by atoms with Crippen LogP contribution in [0.1, 0.15) is 81.1 Å². The van der Waals surface area contributed by atoms with Gasteiger partial charge in [0.15, 0.2) is 0 Å². The number of carbonyl (C=O) groups excluding carboxylic acids is 4. The van der Waals surface area contributed by atoms with E-state index < -0.39 is 52.0 Å². The minimum absolute atomic E-state index is 0.0269. The van der Waals surface area contributed by atoms with E-state index in [1.165, 1.54) is 0 Å². The Hall–Kier alpha value is -0.980. The molecule has 8 nitrogen and oxygen atoms in total. The second-order valence-electron chi connectivity index (χ2n) is 13.1. The van der Waals surface area contributed by atoms with Gasteiger partial charge in [0.25, 0.3) is 0 Å². The quantitative estimate of drug-likeness (QED) is 0.0521. The van der Waals surface area contributed by atoms with Crippen LogP contribution in [0.5, 0.6) is 0 Å². The summed E-state index contributed by atoms with van der Waals surface area (Å²) in [5, 5.41) is 0. The zero-order chi connectivity index (χ0) is 34.6. The molecule has 44 heavy (non-hydrogen) atoms. The van der Waals surface area contributed by atoms with Gasteiger partial charge < -0.3 is 18.9 Å². The first-order valence-corrected chi connectivity index (χ1v) is 17.3. The predicted octanol–water partition coefficient (Wildman–Crippen LogP) is 8.31. The standard InChI is InChI=1S/C32H48Br4O8/c1-11-15-31(19-41-23(37)27(3,4)33,20-42-24(38)28(5,6)34)17-13-14-18-32(16-12-2,21-43-25(39)29(7,8)35)22-44-26(40)30(9,10)36/h11-14H,1-2,15-22H2,3-10H3. The Kier molecular flexibility index (Phi) is 17.4. The number of alkyl halides is 4. The molecule has 0 aromatic heterocycles. The van der Waals surface area contributed by atoms with Crippen molar-refractivity contribution in [3.05, 3.63) is 37.5 Å². The molecule has 0 aliphatic rings. The van der Waals surface area contributed by atoms with Crippen LogP contribution in [0, 0.1) is 10.8 Å². The largest absolute Gasteiger partial charge is 0.464 e. The van der Waals surface area contributed by atoms with Crippen LogP contribution >= 0.6 is 63.7 Å². The maximum atomic E-state index is 12.6. The van der Waals surface area contributed by atoms with Crippen molar-refractivity contribution < 1.29 is 38.1 Å². The van der Waals surface area contributed by atoms with Gasteiger partial charge in [-0.1, -0.05) is 88.0 Å². The highest BCUT2D eigenvalue weighted by Gasteiger charge is 2.38. The van der Waals surface area contributed by atoms with Gasteiger partial charge >= 0.3 is 23.9 Å². The van der Waals surface area contributed by atoms with Gasteiger partial charge in [-0.2, -0.15) is 0 Å². The predicted molar refractivity (Wildman–Crippen MR) is 189 cm³/mol. The maximum Gasteiger partial charge on any atom is 0.322 e. The number of hydrogen-bond acceptors (Lipinski definition) is 8. The first-order chi connectivity index (χ1) is 19.8. The lowest BCUT2D eigenvalue weighted by Crippen LogP contribution is -2.39. The topological polar surface area (TPSA) is 105 Å². The van der Waals surface area contributed by atoms with E-state index in [0.29, 0.717) is 25.7 Å². The summed E-state index contributed by atoms with van der Waals surface area (Å²) in [5.74, 6) is -1.83. The maximum absolute atomic E-state index is 12.6. The average Bonchev–Trinajstić information content (AvgIpc) is 2.87. The number of rotatable bonds is 20. The first-order valence-electron chi connectivity index (χ1n) is 14.2. The van der Waals surface area contributed by atoms with Gasteiger partial charge in [-0.3, -0.25) is 19.2 Å². The molecule has 12 heteroatoms. The molecule has 0 aromatic carbocycles. The summed E-state index contributed by atoms with van der Waals surface area (Å²) in [5.41, 5.74) is -1.61. The van der Waals surface area contributed by atoms with Gasteiger partial charge in [-0.25, -0.2) is 0 Å². The van der Waals surface area contributed by atoms with Gasteiger partial charge in [0.05, 0.1) is 0 Å². The van der Waals surface area contributed by atoms with E-state index in [9.17, 15) is 19.2 Å². The Balaban J connectivity index is 6.30. The van der Waals surface area contributed by atoms with Crippen molar-refractivity contribution in [3.8, 4) is 0 Å². The van der Waals surface area contributed by atoms with Crippen molar-refractivity contribution >= 4 is 87.6 Å². The summed E-state index contributed by atoms with van der Waals surface area (Å²) >= 11 is 13.3. The van der Waals surface area contributed by atoms with Crippen molar-refractivity contribution in [3.63, 3.8) is 0 Å². The highest BCUT2D eigenvalue weighted by Crippen LogP contribution is 2.35. The minimum Gasteiger partial charge on any atom is -0.464 e. The van der Waals surface area contributed by atoms with E-state index in [0.717, 1.165) is 0 Å². The molecular weight excluding hydrogens is 832 g/mol. The van der Waals surface area contributed by atoms with E-state index >= 15 is 0 Å². The molecular formula is C32H48Br4O8. The van der Waals surface area contributed by atoms with Crippen molar-refractivity contribution in [2.75, 3.05) is 26.4 Å². The zero-order valence-electron chi connectivity index (χ0n) is 27.2. The molecule has 0 aliphatic heterocycles. The number of allylic oxidation sites excluding steroid dienone is 4. The van der Waals surface area contributed by atoms with E-state index in [1.54, 1.807) is 67.5 Å². The molecule has 0 heterocycles. The molecule has 0 saturated carbocycles. The lowest BCUT2D eigenvalue weighted by molar-refractivity contribution is -0.157. The highest BCUT2D eigenvalue weighted by atomic mass is 79.9. The smallest absolute Gasteiger partial charge is 0.322 e. The van der Waals surface area contributed by atoms with Crippen LogP contribution in [-0.2, 0) is 38.1 Å². The average molecular weight is 880 g/mol. The van der Waals surface area contributed by atoms with E-state index in [-0.39, 0.29) is 26.4 Å². The van der Waals surface area contributed by atoms with Crippen molar-refractivity contribution in [2.45, 2.75) is 98.4 Å². The van der Waals surface area contributed by atoms with Crippen LogP contribution in [0.4, 0.5) is 0 Å². The molecule has 0 fully saturated rings. The molecule has 0 N–H and O–H groups in total. The lowest BCUT2D eigenvalue weighted by Gasteiger charge is -2.34. The van der Waals surface area contributed by atoms with Crippen molar-refractivity contribution in [1.82, 2.24) is 0 Å². The highest BCUT2D eigenvalue weighted by molar-refractivity contribution is 9.10. The molecule has 0 radical (unpaired) electrons. The summed E-state index contributed by atoms with van der Waals surface area (Å²) in [6.07, 6.45) is 8.67. The van der Waals surface area contributed by atoms with Crippen molar-refractivity contribution in [2.24, 2.45) is 10.8 Å². The Labute approximate surface area is 297 Å². The fraction of sp³-hybridized carbons (Fsp3) is 0.688. The number of halogens is 4. The second kappa shape index (κ2) is 17.8. The Bertz CT molecular complexity index is 898. The first kappa shape index (κ1) is 43.0. The molecule has 0 rings (SSSR count). The van der Waals surface area contributed by atoms with Gasteiger partial charge in [0.1, 0.15) is 43.7 Å². The monoisotopic (exact) mass is 876 g/mol. The van der Waals surface area contributed by atoms with Gasteiger partial charge in [0, 0.05) is 10.8 Å². The third kappa shape index (κ3) is 16.0. The van der Waals surface area contributed by atoms with Crippen molar-refractivity contribution in [1.29, 1.82) is 0 Å². The normalized spacial score (nSPS) is 13.3.